The second kappa shape index (κ2) is 35.3. The Labute approximate surface area is 808 Å². The minimum atomic E-state index is -3.86. The van der Waals surface area contributed by atoms with E-state index in [2.05, 4.69) is 572 Å². The van der Waals surface area contributed by atoms with Gasteiger partial charge in [-0.1, -0.05) is 497 Å². The van der Waals surface area contributed by atoms with Crippen LogP contribution in [0.2, 0.25) is 0 Å². The molecule has 0 N–H and O–H groups in total. The molecule has 138 heavy (non-hydrogen) atoms. The molecule has 0 bridgehead atoms. The molecule has 2 aliphatic rings. The Morgan fingerprint density at radius 1 is 0.159 bits per heavy atom. The normalized spacial score (nSPS) is 12.5. The zero-order valence-corrected chi connectivity index (χ0v) is 78.0. The number of benzene rings is 22. The van der Waals surface area contributed by atoms with E-state index in [0.717, 1.165) is 140 Å². The van der Waals surface area contributed by atoms with Crippen molar-refractivity contribution in [2.45, 2.75) is 0 Å². The van der Waals surface area contributed by atoms with Gasteiger partial charge in [-0.3, -0.25) is 0 Å². The molecule has 3 heterocycles. The van der Waals surface area contributed by atoms with Crippen molar-refractivity contribution in [2.75, 3.05) is 9.80 Å². The maximum Gasteiger partial charge on any atom is 0.252 e. The van der Waals surface area contributed by atoms with Crippen LogP contribution < -0.4 is 67.7 Å². The molecule has 0 fully saturated rings. The van der Waals surface area contributed by atoms with Crippen LogP contribution in [0.25, 0.3) is 128 Å². The van der Waals surface area contributed by atoms with Crippen LogP contribution in [0.5, 0.6) is 0 Å². The molecule has 1 unspecified atom stereocenters. The van der Waals surface area contributed by atoms with Gasteiger partial charge in [0.2, 0.25) is 0 Å². The third-order valence-electron chi connectivity index (χ3n) is 28.8. The van der Waals surface area contributed by atoms with E-state index in [1.807, 2.05) is 0 Å². The van der Waals surface area contributed by atoms with E-state index in [-0.39, 0.29) is 6.71 Å². The van der Waals surface area contributed by atoms with Crippen LogP contribution in [0.3, 0.4) is 0 Å². The molecule has 0 amide bonds. The fraction of sp³-hybridized carbons (Fsp3) is 0. The molecule has 3 nitrogen and oxygen atoms in total. The van der Waals surface area contributed by atoms with Crippen molar-refractivity contribution >= 4 is 137 Å². The van der Waals surface area contributed by atoms with Crippen LogP contribution in [-0.4, -0.2) is 27.4 Å². The Kier molecular flexibility index (Phi) is 21.1. The lowest BCUT2D eigenvalue weighted by atomic mass is 9.33. The first-order chi connectivity index (χ1) is 68.4. The maximum atomic E-state index is 2.75. The van der Waals surface area contributed by atoms with Crippen LogP contribution in [-0.2, 0) is 0 Å². The Morgan fingerprint density at radius 2 is 0.457 bits per heavy atom. The number of fused-ring (bicyclic) bond motifs is 7. The summed E-state index contributed by atoms with van der Waals surface area (Å²) >= 11 is 0. The number of hydrogen-bond acceptors (Lipinski definition) is 2. The van der Waals surface area contributed by atoms with Crippen molar-refractivity contribution < 1.29 is 0 Å². The molecule has 0 radical (unpaired) electrons. The molecule has 0 saturated carbocycles. The summed E-state index contributed by atoms with van der Waals surface area (Å²) in [6, 6.07) is 213. The monoisotopic (exact) mass is 1790 g/mol. The summed E-state index contributed by atoms with van der Waals surface area (Å²) < 4.78 is 2.54. The molecular weight excluding hydrogens is 1690 g/mol. The van der Waals surface area contributed by atoms with E-state index in [4.69, 9.17) is 0 Å². The fourth-order valence-corrected chi connectivity index (χ4v) is 32.5. The Balaban J connectivity index is 0.848. The smallest absolute Gasteiger partial charge is 0.252 e. The minimum absolute atomic E-state index is 0.350. The Hall–Kier alpha value is -17.3. The lowest BCUT2D eigenvalue weighted by molar-refractivity contribution is 1.16. The van der Waals surface area contributed by atoms with Crippen molar-refractivity contribution in [2.24, 2.45) is 0 Å². The molecule has 646 valence electrons. The van der Waals surface area contributed by atoms with E-state index >= 15 is 0 Å². The molecule has 23 aromatic rings. The molecule has 25 rings (SSSR count). The molecule has 22 aromatic carbocycles. The van der Waals surface area contributed by atoms with Crippen molar-refractivity contribution in [3.63, 3.8) is 0 Å². The third kappa shape index (κ3) is 14.3. The molecule has 2 aliphatic heterocycles. The highest BCUT2D eigenvalue weighted by atomic mass is 28.3. The zero-order valence-electron chi connectivity index (χ0n) is 76.0. The maximum absolute atomic E-state index is 3.86. The van der Waals surface area contributed by atoms with E-state index in [0.29, 0.717) is 0 Å². The van der Waals surface area contributed by atoms with Crippen LogP contribution in [0, 0.1) is 0 Å². The van der Waals surface area contributed by atoms with E-state index < -0.39 is 16.1 Å². The van der Waals surface area contributed by atoms with Gasteiger partial charge in [0.25, 0.3) is 6.71 Å². The molecule has 1 atom stereocenters. The van der Waals surface area contributed by atoms with Gasteiger partial charge in [-0.2, -0.15) is 0 Å². The predicted octanol–water partition coefficient (Wildman–Crippen LogP) is 26.6. The summed E-state index contributed by atoms with van der Waals surface area (Å²) in [5, 5.41) is 12.6. The van der Waals surface area contributed by atoms with Gasteiger partial charge >= 0.3 is 0 Å². The van der Waals surface area contributed by atoms with Gasteiger partial charge < -0.3 is 14.4 Å². The number of para-hydroxylation sites is 4. The Bertz CT molecular complexity index is 8220. The predicted molar refractivity (Wildman–Crippen MR) is 591 cm³/mol. The molecule has 1 aromatic heterocycles. The van der Waals surface area contributed by atoms with E-state index in [9.17, 15) is 0 Å². The van der Waals surface area contributed by atoms with Crippen molar-refractivity contribution in [3.05, 3.63) is 558 Å². The van der Waals surface area contributed by atoms with Crippen molar-refractivity contribution in [1.29, 1.82) is 0 Å². The summed E-state index contributed by atoms with van der Waals surface area (Å²) in [5.74, 6) is 0. The van der Waals surface area contributed by atoms with Crippen LogP contribution in [0.1, 0.15) is 0 Å². The average molecular weight is 1790 g/mol. The number of anilines is 6. The molecule has 0 spiro atoms. The quantitative estimate of drug-likeness (QED) is 0.0557. The van der Waals surface area contributed by atoms with Gasteiger partial charge in [0, 0.05) is 50.3 Å². The lowest BCUT2D eigenvalue weighted by Crippen LogP contribution is -2.78. The van der Waals surface area contributed by atoms with Gasteiger partial charge in [-0.05, 0) is 208 Å². The molecule has 0 aliphatic carbocycles. The van der Waals surface area contributed by atoms with Crippen molar-refractivity contribution in [3.8, 4) is 106 Å². The van der Waals surface area contributed by atoms with Gasteiger partial charge in [0.1, 0.15) is 0 Å². The van der Waals surface area contributed by atoms with Crippen LogP contribution in [0.4, 0.5) is 34.1 Å². The van der Waals surface area contributed by atoms with Gasteiger partial charge in [0.15, 0.2) is 16.1 Å². The van der Waals surface area contributed by atoms with Crippen molar-refractivity contribution in [1.82, 2.24) is 4.57 Å². The highest BCUT2D eigenvalue weighted by Crippen LogP contribution is 2.53. The number of aromatic nitrogens is 1. The SMILES string of the molecule is c1ccc(-c2cc(-c3ccccc3)cc(N3c4ccccc4B4c5cc(-c6cc([Si](c7ccccc7)(c7ccccc7)c7cccc(-c8ccccc8)c7)cc([Si](c7ccccc7)(c7cccc(-c8ccccc8)c7)c7cc(-c8ccccc8)cc(-c8ccccc8)c7)c6)ccc5N(c5c(-c6ccccc6)cccc5-c5ccccc5)c5cc(-n6c7ccccc7c7ccccc76)cc3c54)c2)cc1. The standard InChI is InChI=1S/C132H92BN3Si2/c1-12-43-93(44-13-1)101-59-40-67-114(83-101)137(111-61-28-9-29-62-111,112-63-30-10-31-64-112)117-87-108(88-118(92-117)138(113-65-32-11-33-66-113,115-68-41-60-102(84-115)94-45-14-2-15-46-94)116-85-106(97-51-20-5-21-52-97)80-107(86-116)98-53-22-6-23-54-98)103-77-78-128-124(89-103)133-123-73-36-39-76-127(123)135(109-81-104(95-47-16-3-17-48-95)79-105(82-109)96-49-18-4-19-50-96)129-90-110(134-125-74-37-34-69-121(125)122-70-35-38-75-126(122)134)91-130(131(129)133)136(128)132-119(99-55-24-7-25-56-99)71-42-72-120(132)100-57-26-8-27-58-100/h1-92H. The zero-order chi connectivity index (χ0) is 91.5. The highest BCUT2D eigenvalue weighted by molar-refractivity contribution is 7.22. The number of rotatable bonds is 20. The number of nitrogens with zero attached hydrogens (tertiary/aromatic N) is 3. The third-order valence-corrected chi connectivity index (χ3v) is 38.2. The van der Waals surface area contributed by atoms with Gasteiger partial charge in [-0.25, -0.2) is 0 Å². The number of hydrogen-bond donors (Lipinski definition) is 0. The Morgan fingerprint density at radius 3 is 0.884 bits per heavy atom. The van der Waals surface area contributed by atoms with Gasteiger partial charge in [0.05, 0.1) is 22.4 Å². The first kappa shape index (κ1) is 82.6. The fourth-order valence-electron chi connectivity index (χ4n) is 22.6. The van der Waals surface area contributed by atoms with Crippen LogP contribution >= 0.6 is 0 Å². The summed E-state index contributed by atoms with van der Waals surface area (Å²) in [4.78, 5) is 5.34. The highest BCUT2D eigenvalue weighted by Gasteiger charge is 2.49. The summed E-state index contributed by atoms with van der Waals surface area (Å²) in [6.07, 6.45) is 0. The average Bonchev–Trinajstić information content (AvgIpc) is 0.897. The largest absolute Gasteiger partial charge is 0.311 e. The topological polar surface area (TPSA) is 11.4 Å². The summed E-state index contributed by atoms with van der Waals surface area (Å²) in [6.45, 7) is -0.350. The minimum Gasteiger partial charge on any atom is -0.311 e. The van der Waals surface area contributed by atoms with E-state index in [1.165, 1.54) is 79.8 Å². The lowest BCUT2D eigenvalue weighted by Gasteiger charge is -2.45. The first-order valence-electron chi connectivity index (χ1n) is 47.9. The first-order valence-corrected chi connectivity index (χ1v) is 51.9. The summed E-state index contributed by atoms with van der Waals surface area (Å²) in [7, 11) is -7.51. The summed E-state index contributed by atoms with van der Waals surface area (Å²) in [5.41, 5.74) is 33.9. The molecular formula is C132H92BN3Si2. The van der Waals surface area contributed by atoms with Crippen LogP contribution in [0.15, 0.2) is 558 Å². The second-order valence-corrected chi connectivity index (χ2v) is 44.1. The van der Waals surface area contributed by atoms with Gasteiger partial charge in [-0.15, -0.1) is 0 Å². The molecule has 0 saturated heterocycles. The van der Waals surface area contributed by atoms with E-state index in [1.54, 1.807) is 0 Å². The second-order valence-electron chi connectivity index (χ2n) is 36.5. The molecule has 6 heteroatoms.